The zero-order valence-corrected chi connectivity index (χ0v) is 21.2. The maximum absolute atomic E-state index is 13.8. The summed E-state index contributed by atoms with van der Waals surface area (Å²) in [6.07, 6.45) is 2.96. The van der Waals surface area contributed by atoms with Crippen molar-refractivity contribution in [3.05, 3.63) is 53.2 Å². The summed E-state index contributed by atoms with van der Waals surface area (Å²) >= 11 is 0. The largest absolute Gasteiger partial charge is 0.496 e. The first-order valence-electron chi connectivity index (χ1n) is 11.5. The Balaban J connectivity index is 1.61. The van der Waals surface area contributed by atoms with Crippen molar-refractivity contribution in [2.45, 2.75) is 6.54 Å². The number of methoxy groups -OCH3 is 4. The lowest BCUT2D eigenvalue weighted by molar-refractivity contribution is 0.292. The maximum Gasteiger partial charge on any atom is 0.239 e. The topological polar surface area (TPSA) is 146 Å². The average Bonchev–Trinajstić information content (AvgIpc) is 3.37. The summed E-state index contributed by atoms with van der Waals surface area (Å²) in [5.41, 5.74) is 7.35. The van der Waals surface area contributed by atoms with Gasteiger partial charge in [-0.05, 0) is 18.2 Å². The number of nitrogens with zero attached hydrogens (tertiary/aromatic N) is 4. The molecule has 12 nitrogen and oxygen atoms in total. The van der Waals surface area contributed by atoms with Crippen LogP contribution in [0.1, 0.15) is 0 Å². The Hall–Kier alpha value is -5.00. The summed E-state index contributed by atoms with van der Waals surface area (Å²) in [5, 5.41) is 0.223. The average molecular weight is 520 g/mol. The highest BCUT2D eigenvalue weighted by Gasteiger charge is 2.23. The Morgan fingerprint density at radius 1 is 0.921 bits per heavy atom. The molecule has 5 rings (SSSR count). The van der Waals surface area contributed by atoms with Crippen molar-refractivity contribution in [2.24, 2.45) is 0 Å². The van der Waals surface area contributed by atoms with E-state index >= 15 is 0 Å². The lowest BCUT2D eigenvalue weighted by Gasteiger charge is -2.15. The van der Waals surface area contributed by atoms with Gasteiger partial charge in [-0.25, -0.2) is 15.0 Å². The minimum absolute atomic E-state index is 0.00625. The molecule has 0 aliphatic heterocycles. The number of imidazole rings is 1. The smallest absolute Gasteiger partial charge is 0.239 e. The van der Waals surface area contributed by atoms with Gasteiger partial charge in [0.2, 0.25) is 11.2 Å². The predicted octanol–water partition coefficient (Wildman–Crippen LogP) is 3.30. The number of rotatable bonds is 9. The van der Waals surface area contributed by atoms with Gasteiger partial charge in [0.1, 0.15) is 40.9 Å². The van der Waals surface area contributed by atoms with Crippen molar-refractivity contribution in [3.63, 3.8) is 0 Å². The third kappa shape index (κ3) is 4.25. The third-order valence-electron chi connectivity index (χ3n) is 6.00. The molecular weight excluding hydrogens is 494 g/mol. The molecule has 2 aromatic carbocycles. The maximum atomic E-state index is 13.8. The molecule has 5 aromatic rings. The molecule has 0 spiro atoms. The third-order valence-corrected chi connectivity index (χ3v) is 6.00. The monoisotopic (exact) mass is 519 g/mol. The van der Waals surface area contributed by atoms with E-state index in [4.69, 9.17) is 33.8 Å². The van der Waals surface area contributed by atoms with Gasteiger partial charge in [-0.1, -0.05) is 0 Å². The highest BCUT2D eigenvalue weighted by molar-refractivity contribution is 5.89. The number of fused-ring (bicyclic) bond motifs is 2. The molecule has 12 heteroatoms. The SMILES string of the molecule is COc1cc(OC)c2c(=O)c(OCCn3cnc4c(N)ncnc43)c(-c3ccc(OC)c(OC)c3)oc2c1. The molecule has 3 heterocycles. The standard InChI is InChI=1S/C26H25N5O7/c1-33-15-10-18(36-4)20-19(11-15)38-23(14-5-6-16(34-2)17(9-14)35-3)24(22(20)32)37-8-7-31-13-30-21-25(27)28-12-29-26(21)31/h5-6,9-13H,7-8H2,1-4H3,(H2,27,28,29). The number of aromatic nitrogens is 4. The summed E-state index contributed by atoms with van der Waals surface area (Å²) in [4.78, 5) is 26.3. The molecule has 0 atom stereocenters. The van der Waals surface area contributed by atoms with Gasteiger partial charge < -0.3 is 38.4 Å². The zero-order chi connectivity index (χ0) is 26.8. The van der Waals surface area contributed by atoms with E-state index in [1.54, 1.807) is 48.3 Å². The van der Waals surface area contributed by atoms with Crippen LogP contribution >= 0.6 is 0 Å². The summed E-state index contributed by atoms with van der Waals surface area (Å²) < 4.78 is 35.7. The Morgan fingerprint density at radius 2 is 1.71 bits per heavy atom. The molecule has 196 valence electrons. The van der Waals surface area contributed by atoms with Crippen molar-refractivity contribution < 1.29 is 28.1 Å². The Labute approximate surface area is 216 Å². The van der Waals surface area contributed by atoms with Crippen molar-refractivity contribution in [1.82, 2.24) is 19.5 Å². The molecule has 0 unspecified atom stereocenters. The highest BCUT2D eigenvalue weighted by atomic mass is 16.5. The second-order valence-electron chi connectivity index (χ2n) is 8.08. The van der Waals surface area contributed by atoms with E-state index in [2.05, 4.69) is 15.0 Å². The van der Waals surface area contributed by atoms with Crippen LogP contribution in [0.4, 0.5) is 5.82 Å². The predicted molar refractivity (Wildman–Crippen MR) is 139 cm³/mol. The number of hydrogen-bond acceptors (Lipinski definition) is 11. The summed E-state index contributed by atoms with van der Waals surface area (Å²) in [5.74, 6) is 2.25. The van der Waals surface area contributed by atoms with Crippen molar-refractivity contribution in [1.29, 1.82) is 0 Å². The molecule has 0 radical (unpaired) electrons. The first-order valence-corrected chi connectivity index (χ1v) is 11.5. The fourth-order valence-electron chi connectivity index (χ4n) is 4.13. The fourth-order valence-corrected chi connectivity index (χ4v) is 4.13. The van der Waals surface area contributed by atoms with Gasteiger partial charge in [0.05, 0.1) is 41.3 Å². The van der Waals surface area contributed by atoms with E-state index in [1.807, 2.05) is 0 Å². The minimum atomic E-state index is -0.405. The van der Waals surface area contributed by atoms with Gasteiger partial charge in [0.15, 0.2) is 28.7 Å². The van der Waals surface area contributed by atoms with Crippen LogP contribution < -0.4 is 34.8 Å². The first-order chi connectivity index (χ1) is 18.5. The van der Waals surface area contributed by atoms with Gasteiger partial charge in [0.25, 0.3) is 0 Å². The Morgan fingerprint density at radius 3 is 2.45 bits per heavy atom. The van der Waals surface area contributed by atoms with Gasteiger partial charge in [-0.15, -0.1) is 0 Å². The number of nitrogens with two attached hydrogens (primary N) is 1. The molecule has 3 aromatic heterocycles. The van der Waals surface area contributed by atoms with Gasteiger partial charge >= 0.3 is 0 Å². The number of nitrogen functional groups attached to an aromatic ring is 1. The molecule has 0 aliphatic rings. The van der Waals surface area contributed by atoms with Crippen LogP contribution in [-0.2, 0) is 6.54 Å². The Bertz CT molecular complexity index is 1700. The molecule has 0 saturated heterocycles. The minimum Gasteiger partial charge on any atom is -0.496 e. The molecular formula is C26H25N5O7. The fraction of sp³-hybridized carbons (Fsp3) is 0.231. The molecule has 2 N–H and O–H groups in total. The molecule has 0 fully saturated rings. The summed E-state index contributed by atoms with van der Waals surface area (Å²) in [6.45, 7) is 0.431. The van der Waals surface area contributed by atoms with Crippen LogP contribution in [0.2, 0.25) is 0 Å². The summed E-state index contributed by atoms with van der Waals surface area (Å²) in [6, 6.07) is 8.40. The van der Waals surface area contributed by atoms with E-state index in [-0.39, 0.29) is 34.9 Å². The van der Waals surface area contributed by atoms with Crippen LogP contribution in [0.5, 0.6) is 28.7 Å². The second-order valence-corrected chi connectivity index (χ2v) is 8.08. The Kier molecular flexibility index (Phi) is 6.60. The normalized spacial score (nSPS) is 11.1. The van der Waals surface area contributed by atoms with Crippen molar-refractivity contribution >= 4 is 28.0 Å². The lowest BCUT2D eigenvalue weighted by atomic mass is 10.1. The second kappa shape index (κ2) is 10.2. The molecule has 0 aliphatic carbocycles. The van der Waals surface area contributed by atoms with Crippen molar-refractivity contribution in [2.75, 3.05) is 40.8 Å². The molecule has 0 saturated carbocycles. The number of hydrogen-bond donors (Lipinski definition) is 1. The zero-order valence-electron chi connectivity index (χ0n) is 21.2. The van der Waals surface area contributed by atoms with E-state index in [1.165, 1.54) is 27.7 Å². The summed E-state index contributed by atoms with van der Waals surface area (Å²) in [7, 11) is 6.05. The van der Waals surface area contributed by atoms with E-state index in [9.17, 15) is 4.79 Å². The van der Waals surface area contributed by atoms with Crippen LogP contribution in [0, 0.1) is 0 Å². The van der Waals surface area contributed by atoms with E-state index in [0.717, 1.165) is 0 Å². The first kappa shape index (κ1) is 24.7. The van der Waals surface area contributed by atoms with E-state index < -0.39 is 5.43 Å². The van der Waals surface area contributed by atoms with Crippen molar-refractivity contribution in [3.8, 4) is 40.1 Å². The van der Waals surface area contributed by atoms with Crippen LogP contribution in [0.25, 0.3) is 33.5 Å². The van der Waals surface area contributed by atoms with Crippen LogP contribution in [-0.4, -0.2) is 54.6 Å². The number of ether oxygens (including phenoxy) is 5. The van der Waals surface area contributed by atoms with Gasteiger partial charge in [-0.3, -0.25) is 4.79 Å². The lowest BCUT2D eigenvalue weighted by Crippen LogP contribution is -2.15. The van der Waals surface area contributed by atoms with Gasteiger partial charge in [0, 0.05) is 17.7 Å². The van der Waals surface area contributed by atoms with Gasteiger partial charge in [-0.2, -0.15) is 0 Å². The number of anilines is 1. The van der Waals surface area contributed by atoms with Crippen LogP contribution in [0.3, 0.4) is 0 Å². The molecule has 0 bridgehead atoms. The highest BCUT2D eigenvalue weighted by Crippen LogP contribution is 2.39. The quantitative estimate of drug-likeness (QED) is 0.306. The molecule has 0 amide bonds. The van der Waals surface area contributed by atoms with E-state index in [0.29, 0.717) is 46.3 Å². The molecule has 38 heavy (non-hydrogen) atoms. The number of benzene rings is 2. The van der Waals surface area contributed by atoms with Crippen LogP contribution in [0.15, 0.2) is 52.2 Å².